The van der Waals surface area contributed by atoms with Crippen LogP contribution in [0.15, 0.2) is 24.3 Å². The molecular formula is C19H27N3O. The van der Waals surface area contributed by atoms with Gasteiger partial charge in [0.05, 0.1) is 17.2 Å². The van der Waals surface area contributed by atoms with Gasteiger partial charge in [0.25, 0.3) is 0 Å². The van der Waals surface area contributed by atoms with Gasteiger partial charge in [0.1, 0.15) is 0 Å². The quantitative estimate of drug-likeness (QED) is 0.860. The Kier molecular flexibility index (Phi) is 5.01. The fourth-order valence-corrected chi connectivity index (χ4v) is 3.85. The first-order chi connectivity index (χ1) is 11.1. The maximum Gasteiger partial charge on any atom is 0.0991 e. The number of hydrogen-bond donors (Lipinski definition) is 0. The van der Waals surface area contributed by atoms with Gasteiger partial charge in [0.2, 0.25) is 0 Å². The summed E-state index contributed by atoms with van der Waals surface area (Å²) in [6, 6.07) is 10.8. The highest BCUT2D eigenvalue weighted by atomic mass is 16.5. The molecule has 0 amide bonds. The Labute approximate surface area is 139 Å². The Morgan fingerprint density at radius 2 is 1.96 bits per heavy atom. The summed E-state index contributed by atoms with van der Waals surface area (Å²) in [5.41, 5.74) is 2.13. The second kappa shape index (κ2) is 7.00. The standard InChI is InChI=1S/C19H27N3O/c1-21(2)18-7-12-23-19(13-18)8-10-22(11-9-19)15-17-5-3-16(14-20)4-6-17/h3-6,18H,7-13,15H2,1-2H3/t18-/m0/s1. The first-order valence-corrected chi connectivity index (χ1v) is 8.62. The van der Waals surface area contributed by atoms with Gasteiger partial charge < -0.3 is 9.64 Å². The van der Waals surface area contributed by atoms with E-state index in [0.29, 0.717) is 6.04 Å². The molecule has 2 aliphatic rings. The summed E-state index contributed by atoms with van der Waals surface area (Å²) >= 11 is 0. The fourth-order valence-electron chi connectivity index (χ4n) is 3.85. The predicted molar refractivity (Wildman–Crippen MR) is 91.1 cm³/mol. The molecule has 2 aliphatic heterocycles. The van der Waals surface area contributed by atoms with E-state index in [0.717, 1.165) is 51.1 Å². The van der Waals surface area contributed by atoms with Gasteiger partial charge in [0.15, 0.2) is 0 Å². The lowest BCUT2D eigenvalue weighted by Gasteiger charge is -2.47. The van der Waals surface area contributed by atoms with Crippen LogP contribution in [0.3, 0.4) is 0 Å². The Hall–Kier alpha value is -1.41. The molecule has 4 heteroatoms. The average Bonchev–Trinajstić information content (AvgIpc) is 2.58. The van der Waals surface area contributed by atoms with Crippen LogP contribution < -0.4 is 0 Å². The van der Waals surface area contributed by atoms with E-state index >= 15 is 0 Å². The zero-order valence-corrected chi connectivity index (χ0v) is 14.3. The molecule has 0 bridgehead atoms. The molecule has 3 rings (SSSR count). The highest BCUT2D eigenvalue weighted by Gasteiger charge is 2.40. The van der Waals surface area contributed by atoms with Crippen molar-refractivity contribution in [1.82, 2.24) is 9.80 Å². The third-order valence-corrected chi connectivity index (χ3v) is 5.45. The largest absolute Gasteiger partial charge is 0.375 e. The van der Waals surface area contributed by atoms with Gasteiger partial charge in [-0.2, -0.15) is 5.26 Å². The summed E-state index contributed by atoms with van der Waals surface area (Å²) in [7, 11) is 4.37. The molecule has 1 aromatic rings. The van der Waals surface area contributed by atoms with Crippen LogP contribution in [-0.2, 0) is 11.3 Å². The third kappa shape index (κ3) is 3.92. The zero-order chi connectivity index (χ0) is 16.3. The van der Waals surface area contributed by atoms with Crippen LogP contribution in [0.25, 0.3) is 0 Å². The first kappa shape index (κ1) is 16.4. The molecule has 1 atom stereocenters. The van der Waals surface area contributed by atoms with E-state index in [1.807, 2.05) is 12.1 Å². The third-order valence-electron chi connectivity index (χ3n) is 5.45. The molecule has 23 heavy (non-hydrogen) atoms. The Balaban J connectivity index is 1.54. The molecule has 124 valence electrons. The number of rotatable bonds is 3. The monoisotopic (exact) mass is 313 g/mol. The number of benzene rings is 1. The summed E-state index contributed by atoms with van der Waals surface area (Å²) in [6.45, 7) is 4.07. The van der Waals surface area contributed by atoms with Crippen LogP contribution in [-0.4, -0.2) is 55.2 Å². The lowest BCUT2D eigenvalue weighted by molar-refractivity contribution is -0.130. The van der Waals surface area contributed by atoms with E-state index < -0.39 is 0 Å². The van der Waals surface area contributed by atoms with Crippen LogP contribution >= 0.6 is 0 Å². The van der Waals surface area contributed by atoms with Crippen molar-refractivity contribution in [3.8, 4) is 6.07 Å². The smallest absolute Gasteiger partial charge is 0.0991 e. The SMILES string of the molecule is CN(C)[C@H]1CCOC2(CCN(Cc3ccc(C#N)cc3)CC2)C1. The highest BCUT2D eigenvalue weighted by Crippen LogP contribution is 2.36. The molecule has 2 heterocycles. The van der Waals surface area contributed by atoms with Crippen LogP contribution in [0.5, 0.6) is 0 Å². The second-order valence-electron chi connectivity index (χ2n) is 7.23. The molecule has 0 radical (unpaired) electrons. The van der Waals surface area contributed by atoms with Crippen LogP contribution in [0, 0.1) is 11.3 Å². The number of likely N-dealkylation sites (tertiary alicyclic amines) is 1. The minimum absolute atomic E-state index is 0.106. The van der Waals surface area contributed by atoms with E-state index in [9.17, 15) is 0 Å². The van der Waals surface area contributed by atoms with E-state index in [-0.39, 0.29) is 5.60 Å². The maximum absolute atomic E-state index is 8.87. The summed E-state index contributed by atoms with van der Waals surface area (Å²) in [4.78, 5) is 4.86. The first-order valence-electron chi connectivity index (χ1n) is 8.62. The number of hydrogen-bond acceptors (Lipinski definition) is 4. The summed E-state index contributed by atoms with van der Waals surface area (Å²) in [5, 5.41) is 8.87. The lowest BCUT2D eigenvalue weighted by atomic mass is 9.82. The van der Waals surface area contributed by atoms with Gasteiger partial charge in [-0.15, -0.1) is 0 Å². The van der Waals surface area contributed by atoms with Crippen molar-refractivity contribution >= 4 is 0 Å². The molecule has 4 nitrogen and oxygen atoms in total. The molecule has 2 saturated heterocycles. The van der Waals surface area contributed by atoms with Crippen molar-refractivity contribution in [1.29, 1.82) is 5.26 Å². The van der Waals surface area contributed by atoms with E-state index in [2.05, 4.69) is 42.1 Å². The Morgan fingerprint density at radius 1 is 1.26 bits per heavy atom. The van der Waals surface area contributed by atoms with Crippen LogP contribution in [0.2, 0.25) is 0 Å². The van der Waals surface area contributed by atoms with Gasteiger partial charge >= 0.3 is 0 Å². The molecular weight excluding hydrogens is 286 g/mol. The molecule has 0 unspecified atom stereocenters. The highest BCUT2D eigenvalue weighted by molar-refractivity contribution is 5.31. The minimum Gasteiger partial charge on any atom is -0.375 e. The molecule has 0 aliphatic carbocycles. The number of nitriles is 1. The van der Waals surface area contributed by atoms with Crippen LogP contribution in [0.1, 0.15) is 36.8 Å². The van der Waals surface area contributed by atoms with Gasteiger partial charge in [-0.1, -0.05) is 12.1 Å². The Bertz CT molecular complexity index is 553. The van der Waals surface area contributed by atoms with Gasteiger partial charge in [-0.3, -0.25) is 4.90 Å². The van der Waals surface area contributed by atoms with Crippen molar-refractivity contribution in [2.45, 2.75) is 43.9 Å². The molecule has 0 N–H and O–H groups in total. The maximum atomic E-state index is 8.87. The lowest BCUT2D eigenvalue weighted by Crippen LogP contribution is -2.52. The summed E-state index contributed by atoms with van der Waals surface area (Å²) in [6.07, 6.45) is 4.59. The fraction of sp³-hybridized carbons (Fsp3) is 0.632. The predicted octanol–water partition coefficient (Wildman–Crippen LogP) is 2.63. The van der Waals surface area contributed by atoms with E-state index in [1.54, 1.807) is 0 Å². The van der Waals surface area contributed by atoms with Crippen molar-refractivity contribution in [3.63, 3.8) is 0 Å². The van der Waals surface area contributed by atoms with E-state index in [1.165, 1.54) is 12.0 Å². The number of piperidine rings is 1. The Morgan fingerprint density at radius 3 is 2.57 bits per heavy atom. The molecule has 2 fully saturated rings. The van der Waals surface area contributed by atoms with E-state index in [4.69, 9.17) is 10.00 Å². The normalized spacial score (nSPS) is 24.7. The van der Waals surface area contributed by atoms with Crippen molar-refractivity contribution in [3.05, 3.63) is 35.4 Å². The second-order valence-corrected chi connectivity index (χ2v) is 7.23. The summed E-state index contributed by atoms with van der Waals surface area (Å²) in [5.74, 6) is 0. The van der Waals surface area contributed by atoms with Crippen molar-refractivity contribution in [2.75, 3.05) is 33.8 Å². The minimum atomic E-state index is 0.106. The number of ether oxygens (including phenoxy) is 1. The molecule has 1 spiro atoms. The van der Waals surface area contributed by atoms with Crippen molar-refractivity contribution in [2.24, 2.45) is 0 Å². The van der Waals surface area contributed by atoms with Gasteiger partial charge in [-0.25, -0.2) is 0 Å². The van der Waals surface area contributed by atoms with Gasteiger partial charge in [0, 0.05) is 32.3 Å². The topological polar surface area (TPSA) is 39.5 Å². The van der Waals surface area contributed by atoms with Crippen molar-refractivity contribution < 1.29 is 4.74 Å². The molecule has 1 aromatic carbocycles. The average molecular weight is 313 g/mol. The van der Waals surface area contributed by atoms with Crippen LogP contribution in [0.4, 0.5) is 0 Å². The number of nitrogens with zero attached hydrogens (tertiary/aromatic N) is 3. The summed E-state index contributed by atoms with van der Waals surface area (Å²) < 4.78 is 6.23. The molecule has 0 aromatic heterocycles. The molecule has 0 saturated carbocycles. The van der Waals surface area contributed by atoms with Gasteiger partial charge in [-0.05, 0) is 57.5 Å². The zero-order valence-electron chi connectivity index (χ0n) is 14.3.